The van der Waals surface area contributed by atoms with E-state index in [0.717, 1.165) is 26.1 Å². The van der Waals surface area contributed by atoms with Crippen molar-refractivity contribution in [3.05, 3.63) is 29.8 Å². The summed E-state index contributed by atoms with van der Waals surface area (Å²) in [5, 5.41) is 3.16. The topological polar surface area (TPSA) is 38.8 Å². The van der Waals surface area contributed by atoms with Gasteiger partial charge < -0.3 is 20.0 Å². The molecule has 3 fully saturated rings. The summed E-state index contributed by atoms with van der Waals surface area (Å²) in [4.78, 5) is 20.0. The molecule has 2 unspecified atom stereocenters. The van der Waals surface area contributed by atoms with Crippen LogP contribution in [-0.4, -0.2) is 61.1 Å². The van der Waals surface area contributed by atoms with Crippen molar-refractivity contribution in [1.29, 1.82) is 0 Å². The summed E-state index contributed by atoms with van der Waals surface area (Å²) in [5.41, 5.74) is 2.50. The normalized spacial score (nSPS) is 25.9. The molecule has 0 bridgehead atoms. The van der Waals surface area contributed by atoms with Gasteiger partial charge in [0.15, 0.2) is 0 Å². The van der Waals surface area contributed by atoms with E-state index < -0.39 is 0 Å². The van der Waals surface area contributed by atoms with E-state index in [9.17, 15) is 4.79 Å². The van der Waals surface area contributed by atoms with Gasteiger partial charge in [-0.25, -0.2) is 4.79 Å². The molecule has 30 heavy (non-hydrogen) atoms. The van der Waals surface area contributed by atoms with Crippen LogP contribution in [0.3, 0.4) is 0 Å². The smallest absolute Gasteiger partial charge is 0.317 e. The van der Waals surface area contributed by atoms with E-state index in [4.69, 9.17) is 0 Å². The van der Waals surface area contributed by atoms with Crippen molar-refractivity contribution in [1.82, 2.24) is 15.1 Å². The summed E-state index contributed by atoms with van der Waals surface area (Å²) >= 11 is 0. The Kier molecular flexibility index (Phi) is 7.53. The fourth-order valence-electron chi connectivity index (χ4n) is 5.43. The zero-order chi connectivity index (χ0) is 20.8. The first-order valence-corrected chi connectivity index (χ1v) is 12.3. The fraction of sp³-hybridized carbons (Fsp3) is 0.720. The number of hydrogen-bond acceptors (Lipinski definition) is 3. The number of hydrogen-bond donors (Lipinski definition) is 1. The highest BCUT2D eigenvalue weighted by Gasteiger charge is 2.27. The molecule has 1 aromatic carbocycles. The van der Waals surface area contributed by atoms with Crippen molar-refractivity contribution < 1.29 is 4.79 Å². The van der Waals surface area contributed by atoms with Crippen LogP contribution in [0.2, 0.25) is 0 Å². The zero-order valence-corrected chi connectivity index (χ0v) is 18.8. The second kappa shape index (κ2) is 10.5. The van der Waals surface area contributed by atoms with Gasteiger partial charge in [-0.3, -0.25) is 0 Å². The van der Waals surface area contributed by atoms with E-state index in [-0.39, 0.29) is 6.03 Å². The molecular formula is C25H40N4O. The second-order valence-electron chi connectivity index (χ2n) is 9.67. The van der Waals surface area contributed by atoms with Crippen LogP contribution in [0.5, 0.6) is 0 Å². The lowest BCUT2D eigenvalue weighted by Gasteiger charge is -2.39. The van der Waals surface area contributed by atoms with Crippen LogP contribution in [0.25, 0.3) is 0 Å². The summed E-state index contributed by atoms with van der Waals surface area (Å²) < 4.78 is 0. The molecule has 5 nitrogen and oxygen atoms in total. The molecule has 5 heteroatoms. The monoisotopic (exact) mass is 412 g/mol. The molecule has 3 aliphatic heterocycles. The predicted molar refractivity (Wildman–Crippen MR) is 124 cm³/mol. The van der Waals surface area contributed by atoms with Gasteiger partial charge in [0.1, 0.15) is 0 Å². The Balaban J connectivity index is 1.23. The van der Waals surface area contributed by atoms with Crippen LogP contribution < -0.4 is 10.2 Å². The number of nitrogens with one attached hydrogen (secondary N) is 1. The highest BCUT2D eigenvalue weighted by Crippen LogP contribution is 2.23. The molecule has 3 heterocycles. The summed E-state index contributed by atoms with van der Waals surface area (Å²) in [7, 11) is 0. The second-order valence-corrected chi connectivity index (χ2v) is 9.67. The maximum absolute atomic E-state index is 12.8. The third-order valence-corrected chi connectivity index (χ3v) is 7.34. The van der Waals surface area contributed by atoms with E-state index in [2.05, 4.69) is 46.3 Å². The van der Waals surface area contributed by atoms with E-state index >= 15 is 0 Å². The Morgan fingerprint density at radius 2 is 1.70 bits per heavy atom. The van der Waals surface area contributed by atoms with Gasteiger partial charge >= 0.3 is 6.03 Å². The highest BCUT2D eigenvalue weighted by atomic mass is 16.2. The molecule has 0 aliphatic carbocycles. The summed E-state index contributed by atoms with van der Waals surface area (Å²) in [6, 6.07) is 9.57. The molecule has 166 valence electrons. The van der Waals surface area contributed by atoms with Gasteiger partial charge in [0, 0.05) is 51.0 Å². The van der Waals surface area contributed by atoms with Crippen LogP contribution in [0.1, 0.15) is 63.9 Å². The van der Waals surface area contributed by atoms with Crippen molar-refractivity contribution in [3.8, 4) is 0 Å². The number of amides is 2. The Morgan fingerprint density at radius 3 is 2.47 bits per heavy atom. The Labute approximate surface area is 182 Å². The van der Waals surface area contributed by atoms with E-state index in [1.54, 1.807) is 0 Å². The van der Waals surface area contributed by atoms with Crippen molar-refractivity contribution in [3.63, 3.8) is 0 Å². The van der Waals surface area contributed by atoms with Crippen molar-refractivity contribution in [2.75, 3.05) is 44.2 Å². The number of piperidine rings is 3. The Bertz CT molecular complexity index is 670. The van der Waals surface area contributed by atoms with Gasteiger partial charge in [-0.1, -0.05) is 18.6 Å². The number of likely N-dealkylation sites (tertiary alicyclic amines) is 2. The number of anilines is 1. The third-order valence-electron chi connectivity index (χ3n) is 7.34. The fourth-order valence-corrected chi connectivity index (χ4v) is 5.43. The van der Waals surface area contributed by atoms with Crippen LogP contribution in [0, 0.1) is 5.92 Å². The van der Waals surface area contributed by atoms with E-state index in [0.29, 0.717) is 18.5 Å². The first-order chi connectivity index (χ1) is 14.7. The van der Waals surface area contributed by atoms with Gasteiger partial charge in [0.05, 0.1) is 0 Å². The van der Waals surface area contributed by atoms with Gasteiger partial charge in [-0.2, -0.15) is 0 Å². The molecule has 3 aliphatic rings. The number of benzene rings is 1. The third kappa shape index (κ3) is 5.69. The first kappa shape index (κ1) is 21.5. The predicted octanol–water partition coefficient (Wildman–Crippen LogP) is 4.47. The highest BCUT2D eigenvalue weighted by molar-refractivity contribution is 5.74. The maximum Gasteiger partial charge on any atom is 0.317 e. The summed E-state index contributed by atoms with van der Waals surface area (Å²) in [6.07, 6.45) is 10.4. The zero-order valence-electron chi connectivity index (χ0n) is 18.8. The largest absolute Gasteiger partial charge is 0.372 e. The molecule has 0 aromatic heterocycles. The van der Waals surface area contributed by atoms with Crippen LogP contribution >= 0.6 is 0 Å². The number of nitrogens with zero attached hydrogens (tertiary/aromatic N) is 3. The van der Waals surface area contributed by atoms with Gasteiger partial charge in [0.25, 0.3) is 0 Å². The molecule has 2 amide bonds. The molecular weight excluding hydrogens is 372 g/mol. The summed E-state index contributed by atoms with van der Waals surface area (Å²) in [5.74, 6) is 0.619. The van der Waals surface area contributed by atoms with Crippen molar-refractivity contribution in [2.45, 2.75) is 70.9 Å². The average Bonchev–Trinajstić information content (AvgIpc) is 2.80. The van der Waals surface area contributed by atoms with Crippen molar-refractivity contribution >= 4 is 11.7 Å². The number of carbonyl (C=O) groups is 1. The Hall–Kier alpha value is -1.75. The molecule has 1 N–H and O–H groups in total. The maximum atomic E-state index is 12.8. The van der Waals surface area contributed by atoms with Gasteiger partial charge in [0.2, 0.25) is 0 Å². The van der Waals surface area contributed by atoms with Crippen LogP contribution in [0.4, 0.5) is 10.5 Å². The van der Waals surface area contributed by atoms with Gasteiger partial charge in [-0.05, 0) is 82.0 Å². The minimum absolute atomic E-state index is 0.103. The lowest BCUT2D eigenvalue weighted by Crippen LogP contribution is -2.49. The SMILES string of the molecule is CC1CCCCN1CC1CCCN(C(=O)NCc2ccc(N3CCCCC3)cc2)C1. The molecule has 1 aromatic rings. The lowest BCUT2D eigenvalue weighted by molar-refractivity contribution is 0.102. The minimum Gasteiger partial charge on any atom is -0.372 e. The number of urea groups is 1. The average molecular weight is 413 g/mol. The standard InChI is InChI=1S/C25H40N4O/c1-21-8-3-6-16-28(21)19-23-9-7-17-29(20-23)25(30)26-18-22-10-12-24(13-11-22)27-14-4-2-5-15-27/h10-13,21,23H,2-9,14-20H2,1H3,(H,26,30). The molecule has 2 atom stereocenters. The van der Waals surface area contributed by atoms with Crippen LogP contribution in [0.15, 0.2) is 24.3 Å². The molecule has 0 radical (unpaired) electrons. The van der Waals surface area contributed by atoms with Gasteiger partial charge in [-0.15, -0.1) is 0 Å². The van der Waals surface area contributed by atoms with Crippen LogP contribution in [-0.2, 0) is 6.54 Å². The van der Waals surface area contributed by atoms with Crippen molar-refractivity contribution in [2.24, 2.45) is 5.92 Å². The Morgan fingerprint density at radius 1 is 0.933 bits per heavy atom. The molecule has 3 saturated heterocycles. The van der Waals surface area contributed by atoms with E-state index in [1.807, 2.05) is 4.90 Å². The van der Waals surface area contributed by atoms with E-state index in [1.165, 1.54) is 75.8 Å². The number of carbonyl (C=O) groups excluding carboxylic acids is 1. The summed E-state index contributed by atoms with van der Waals surface area (Å²) in [6.45, 7) is 9.51. The molecule has 4 rings (SSSR count). The first-order valence-electron chi connectivity index (χ1n) is 12.3. The lowest BCUT2D eigenvalue weighted by atomic mass is 9.95. The molecule has 0 spiro atoms. The minimum atomic E-state index is 0.103. The number of rotatable bonds is 5. The quantitative estimate of drug-likeness (QED) is 0.775. The molecule has 0 saturated carbocycles.